The zero-order valence-electron chi connectivity index (χ0n) is 8.10. The van der Waals surface area contributed by atoms with Crippen LogP contribution in [0.1, 0.15) is 12.1 Å². The van der Waals surface area contributed by atoms with Crippen molar-refractivity contribution in [1.29, 1.82) is 0 Å². The third kappa shape index (κ3) is 2.80. The highest BCUT2D eigenvalue weighted by Gasteiger charge is 2.18. The number of carbonyl (C=O) groups excluding carboxylic acids is 2. The zero-order valence-corrected chi connectivity index (χ0v) is 9.73. The Hall–Kier alpha value is -1.41. The molecule has 84 valence electrons. The Labute approximate surface area is 99.3 Å². The predicted octanol–water partition coefficient (Wildman–Crippen LogP) is 0.361. The summed E-state index contributed by atoms with van der Waals surface area (Å²) in [5, 5.41) is 5.18. The van der Waals surface area contributed by atoms with E-state index in [1.807, 2.05) is 5.38 Å². The number of hydrogen-bond acceptors (Lipinski definition) is 6. The number of thioether (sulfide) groups is 1. The van der Waals surface area contributed by atoms with Crippen LogP contribution in [0.3, 0.4) is 0 Å². The van der Waals surface area contributed by atoms with Gasteiger partial charge in [0.25, 0.3) is 5.91 Å². The lowest BCUT2D eigenvalue weighted by molar-refractivity contribution is -0.127. The molecule has 16 heavy (non-hydrogen) atoms. The number of nitrogen functional groups attached to an aromatic ring is 1. The summed E-state index contributed by atoms with van der Waals surface area (Å²) in [4.78, 5) is 29.8. The molecule has 0 saturated heterocycles. The lowest BCUT2D eigenvalue weighted by Gasteiger charge is -2.10. The maximum absolute atomic E-state index is 11.0. The third-order valence-corrected chi connectivity index (χ3v) is 3.34. The summed E-state index contributed by atoms with van der Waals surface area (Å²) in [5.41, 5.74) is 6.28. The molecule has 0 spiro atoms. The Bertz CT molecular complexity index is 468. The number of nitrogens with zero attached hydrogens (tertiary/aromatic N) is 2. The lowest BCUT2D eigenvalue weighted by Crippen LogP contribution is -2.34. The molecule has 0 saturated carbocycles. The second kappa shape index (κ2) is 4.62. The van der Waals surface area contributed by atoms with Gasteiger partial charge in [0, 0.05) is 11.1 Å². The molecule has 0 bridgehead atoms. The van der Waals surface area contributed by atoms with Gasteiger partial charge in [0.2, 0.25) is 5.91 Å². The van der Waals surface area contributed by atoms with Gasteiger partial charge in [-0.25, -0.2) is 4.98 Å². The molecule has 0 unspecified atom stereocenters. The van der Waals surface area contributed by atoms with Gasteiger partial charge in [0.05, 0.1) is 5.69 Å². The lowest BCUT2D eigenvalue weighted by atomic mass is 10.4. The molecule has 8 heteroatoms. The first-order valence-electron chi connectivity index (χ1n) is 4.37. The van der Waals surface area contributed by atoms with Gasteiger partial charge >= 0.3 is 0 Å². The monoisotopic (exact) mass is 256 g/mol. The first-order chi connectivity index (χ1) is 7.63. The number of nitrogens with one attached hydrogen (secondary N) is 1. The van der Waals surface area contributed by atoms with Crippen LogP contribution in [0.4, 0.5) is 5.13 Å². The quantitative estimate of drug-likeness (QED) is 0.745. The molecule has 0 aliphatic carbocycles. The van der Waals surface area contributed by atoms with E-state index in [-0.39, 0.29) is 12.3 Å². The van der Waals surface area contributed by atoms with Crippen molar-refractivity contribution in [3.8, 4) is 0 Å². The number of nitrogens with two attached hydrogens (primary N) is 1. The van der Waals surface area contributed by atoms with Crippen LogP contribution in [-0.2, 0) is 15.3 Å². The molecule has 1 aromatic heterocycles. The second-order valence-electron chi connectivity index (χ2n) is 3.00. The predicted molar refractivity (Wildman–Crippen MR) is 63.0 cm³/mol. The molecule has 6 nitrogen and oxygen atoms in total. The van der Waals surface area contributed by atoms with Crippen LogP contribution < -0.4 is 11.1 Å². The third-order valence-electron chi connectivity index (χ3n) is 1.71. The fourth-order valence-corrected chi connectivity index (χ4v) is 2.53. The van der Waals surface area contributed by atoms with Crippen LogP contribution >= 0.6 is 23.1 Å². The minimum atomic E-state index is -0.413. The molecule has 0 fully saturated rings. The summed E-state index contributed by atoms with van der Waals surface area (Å²) < 4.78 is 0. The van der Waals surface area contributed by atoms with E-state index in [1.165, 1.54) is 23.1 Å². The largest absolute Gasteiger partial charge is 0.375 e. The summed E-state index contributed by atoms with van der Waals surface area (Å²) in [5.74, 6) is -0.204. The number of amides is 2. The van der Waals surface area contributed by atoms with E-state index in [0.717, 1.165) is 5.69 Å². The molecule has 0 atom stereocenters. The average Bonchev–Trinajstić information content (AvgIpc) is 2.60. The van der Waals surface area contributed by atoms with E-state index >= 15 is 0 Å². The van der Waals surface area contributed by atoms with Gasteiger partial charge in [0.15, 0.2) is 10.3 Å². The number of rotatable bonds is 2. The molecule has 0 radical (unpaired) electrons. The van der Waals surface area contributed by atoms with Crippen LogP contribution in [0.25, 0.3) is 0 Å². The first-order valence-corrected chi connectivity index (χ1v) is 6.24. The molecule has 0 aromatic carbocycles. The molecule has 3 N–H and O–H groups in total. The van der Waals surface area contributed by atoms with E-state index in [9.17, 15) is 9.59 Å². The van der Waals surface area contributed by atoms with Gasteiger partial charge in [0.1, 0.15) is 6.42 Å². The highest BCUT2D eigenvalue weighted by Crippen LogP contribution is 2.18. The number of anilines is 1. The summed E-state index contributed by atoms with van der Waals surface area (Å²) in [6.45, 7) is 0. The Morgan fingerprint density at radius 2 is 2.38 bits per heavy atom. The van der Waals surface area contributed by atoms with E-state index in [1.54, 1.807) is 0 Å². The van der Waals surface area contributed by atoms with E-state index in [2.05, 4.69) is 15.3 Å². The van der Waals surface area contributed by atoms with Gasteiger partial charge in [-0.3, -0.25) is 9.59 Å². The maximum atomic E-state index is 11.0. The van der Waals surface area contributed by atoms with Crippen LogP contribution in [0.2, 0.25) is 0 Å². The Balaban J connectivity index is 1.95. The Morgan fingerprint density at radius 1 is 1.56 bits per heavy atom. The fraction of sp³-hybridized carbons (Fsp3) is 0.250. The van der Waals surface area contributed by atoms with Crippen molar-refractivity contribution < 1.29 is 9.59 Å². The van der Waals surface area contributed by atoms with Crippen molar-refractivity contribution in [1.82, 2.24) is 10.3 Å². The van der Waals surface area contributed by atoms with Crippen molar-refractivity contribution in [3.63, 3.8) is 0 Å². The summed E-state index contributed by atoms with van der Waals surface area (Å²) in [6, 6.07) is 0. The van der Waals surface area contributed by atoms with Crippen molar-refractivity contribution in [2.75, 3.05) is 5.73 Å². The van der Waals surface area contributed by atoms with Crippen LogP contribution in [0, 0.1) is 0 Å². The zero-order chi connectivity index (χ0) is 11.5. The highest BCUT2D eigenvalue weighted by molar-refractivity contribution is 8.13. The molecular formula is C8H8N4O2S2. The minimum absolute atomic E-state index is 0.173. The molecule has 2 heterocycles. The van der Waals surface area contributed by atoms with Gasteiger partial charge in [-0.1, -0.05) is 11.8 Å². The molecule has 1 aliphatic heterocycles. The smallest absolute Gasteiger partial charge is 0.257 e. The van der Waals surface area contributed by atoms with Gasteiger partial charge in [-0.05, 0) is 0 Å². The fourth-order valence-electron chi connectivity index (χ4n) is 1.08. The molecule has 1 aromatic rings. The molecular weight excluding hydrogens is 248 g/mol. The standard InChI is InChI=1S/C8H8N4O2S2/c9-7-10-4(2-15-7)3-16-8-11-5(13)1-6(14)12-8/h2H,1,3H2,(H2,9,10)(H,11,12,13,14). The van der Waals surface area contributed by atoms with Crippen molar-refractivity contribution >= 4 is 45.2 Å². The molecule has 2 amide bonds. The van der Waals surface area contributed by atoms with E-state index in [0.29, 0.717) is 16.1 Å². The van der Waals surface area contributed by atoms with Crippen molar-refractivity contribution in [2.45, 2.75) is 12.2 Å². The van der Waals surface area contributed by atoms with Gasteiger partial charge in [-0.15, -0.1) is 11.3 Å². The number of aromatic nitrogens is 1. The number of hydrogen-bond donors (Lipinski definition) is 2. The first kappa shape index (κ1) is 11.1. The summed E-state index contributed by atoms with van der Waals surface area (Å²) >= 11 is 2.61. The second-order valence-corrected chi connectivity index (χ2v) is 4.86. The SMILES string of the molecule is Nc1nc(CSC2=NC(=O)CC(=O)N2)cs1. The maximum Gasteiger partial charge on any atom is 0.257 e. The molecule has 2 rings (SSSR count). The Morgan fingerprint density at radius 3 is 3.00 bits per heavy atom. The minimum Gasteiger partial charge on any atom is -0.375 e. The van der Waals surface area contributed by atoms with E-state index in [4.69, 9.17) is 5.73 Å². The van der Waals surface area contributed by atoms with Crippen LogP contribution in [0.5, 0.6) is 0 Å². The average molecular weight is 256 g/mol. The Kier molecular flexibility index (Phi) is 3.20. The van der Waals surface area contributed by atoms with Crippen molar-refractivity contribution in [2.24, 2.45) is 4.99 Å². The molecule has 1 aliphatic rings. The summed E-state index contributed by atoms with van der Waals surface area (Å²) in [6.07, 6.45) is -0.173. The van der Waals surface area contributed by atoms with E-state index < -0.39 is 5.91 Å². The normalized spacial score (nSPS) is 15.9. The van der Waals surface area contributed by atoms with Gasteiger partial charge in [-0.2, -0.15) is 4.99 Å². The van der Waals surface area contributed by atoms with Crippen LogP contribution in [-0.4, -0.2) is 22.0 Å². The highest BCUT2D eigenvalue weighted by atomic mass is 32.2. The van der Waals surface area contributed by atoms with Gasteiger partial charge < -0.3 is 11.1 Å². The number of aliphatic imine (C=N–C) groups is 1. The number of amidine groups is 1. The van der Waals surface area contributed by atoms with Crippen molar-refractivity contribution in [3.05, 3.63) is 11.1 Å². The summed E-state index contributed by atoms with van der Waals surface area (Å²) in [7, 11) is 0. The number of carbonyl (C=O) groups is 2. The van der Waals surface area contributed by atoms with Crippen LogP contribution in [0.15, 0.2) is 10.4 Å². The number of thiazole rings is 1. The topological polar surface area (TPSA) is 97.4 Å².